The number of carbonyl (C=O) groups is 2. The van der Waals surface area contributed by atoms with Gasteiger partial charge in [0.05, 0.1) is 0 Å². The topological polar surface area (TPSA) is 97.3 Å². The molecule has 0 radical (unpaired) electrons. The van der Waals surface area contributed by atoms with Crippen LogP contribution in [0.15, 0.2) is 22.9 Å². The third kappa shape index (κ3) is 3.16. The summed E-state index contributed by atoms with van der Waals surface area (Å²) in [7, 11) is 1.40. The van der Waals surface area contributed by atoms with E-state index in [2.05, 4.69) is 10.6 Å². The highest BCUT2D eigenvalue weighted by Gasteiger charge is 2.17. The molecule has 0 saturated heterocycles. The number of nitrogens with one attached hydrogen (secondary N) is 1. The number of amides is 2. The van der Waals surface area contributed by atoms with Gasteiger partial charge in [-0.2, -0.15) is 0 Å². The summed E-state index contributed by atoms with van der Waals surface area (Å²) in [6.45, 7) is 1.62. The molecular weight excluding hydrogens is 278 g/mol. The lowest BCUT2D eigenvalue weighted by atomic mass is 10.1. The standard InChI is InChI=1S/C13H13N3O5/c1-8(13(18)14-16(2)6-17)3-9-4-11-12(21-7-20-11)5-10(9)15-19/h3-6H,7H2,1-2H3,(H,14,18)/b8-3-. The first-order chi connectivity index (χ1) is 10.0. The highest BCUT2D eigenvalue weighted by atomic mass is 16.7. The van der Waals surface area contributed by atoms with Gasteiger partial charge in [0.25, 0.3) is 5.91 Å². The molecule has 2 rings (SSSR count). The summed E-state index contributed by atoms with van der Waals surface area (Å²) in [5.41, 5.74) is 3.19. The van der Waals surface area contributed by atoms with Gasteiger partial charge in [0, 0.05) is 24.3 Å². The first-order valence-corrected chi connectivity index (χ1v) is 5.99. The maximum Gasteiger partial charge on any atom is 0.265 e. The van der Waals surface area contributed by atoms with Crippen molar-refractivity contribution in [2.24, 2.45) is 5.18 Å². The maximum atomic E-state index is 11.8. The van der Waals surface area contributed by atoms with E-state index in [9.17, 15) is 14.5 Å². The van der Waals surface area contributed by atoms with Gasteiger partial charge < -0.3 is 9.47 Å². The van der Waals surface area contributed by atoms with Gasteiger partial charge in [0.2, 0.25) is 13.2 Å². The fourth-order valence-electron chi connectivity index (χ4n) is 1.72. The SMILES string of the molecule is C/C(=C/c1cc2c(cc1N=O)OCO2)C(=O)NN(C)C=O. The van der Waals surface area contributed by atoms with Crippen LogP contribution in [-0.4, -0.2) is 31.2 Å². The first kappa shape index (κ1) is 14.5. The van der Waals surface area contributed by atoms with Crippen molar-refractivity contribution in [3.05, 3.63) is 28.2 Å². The normalized spacial score (nSPS) is 12.8. The van der Waals surface area contributed by atoms with Gasteiger partial charge in [-0.05, 0) is 24.2 Å². The van der Waals surface area contributed by atoms with E-state index in [4.69, 9.17) is 9.47 Å². The number of ether oxygens (including phenoxy) is 2. The summed E-state index contributed by atoms with van der Waals surface area (Å²) in [6, 6.07) is 3.02. The fourth-order valence-corrected chi connectivity index (χ4v) is 1.72. The monoisotopic (exact) mass is 291 g/mol. The summed E-state index contributed by atoms with van der Waals surface area (Å²) < 4.78 is 10.4. The number of benzene rings is 1. The van der Waals surface area contributed by atoms with Gasteiger partial charge in [-0.3, -0.25) is 20.0 Å². The molecule has 110 valence electrons. The van der Waals surface area contributed by atoms with Crippen LogP contribution in [0.2, 0.25) is 0 Å². The lowest BCUT2D eigenvalue weighted by molar-refractivity contribution is -0.129. The number of carbonyl (C=O) groups excluding carboxylic acids is 2. The van der Waals surface area contributed by atoms with E-state index in [1.807, 2.05) is 0 Å². The molecule has 8 nitrogen and oxygen atoms in total. The lowest BCUT2D eigenvalue weighted by Gasteiger charge is -2.12. The minimum Gasteiger partial charge on any atom is -0.454 e. The minimum absolute atomic E-state index is 0.0738. The van der Waals surface area contributed by atoms with Crippen molar-refractivity contribution in [3.8, 4) is 11.5 Å². The summed E-state index contributed by atoms with van der Waals surface area (Å²) in [5.74, 6) is 0.440. The van der Waals surface area contributed by atoms with Crippen molar-refractivity contribution >= 4 is 24.1 Å². The Morgan fingerprint density at radius 3 is 2.67 bits per heavy atom. The highest BCUT2D eigenvalue weighted by molar-refractivity contribution is 5.98. The Kier molecular flexibility index (Phi) is 4.17. The molecule has 0 unspecified atom stereocenters. The van der Waals surface area contributed by atoms with Crippen LogP contribution in [0.5, 0.6) is 11.5 Å². The molecular formula is C13H13N3O5. The molecule has 0 spiro atoms. The molecule has 0 bridgehead atoms. The van der Waals surface area contributed by atoms with Gasteiger partial charge in [-0.25, -0.2) is 0 Å². The third-order valence-corrected chi connectivity index (χ3v) is 2.79. The van der Waals surface area contributed by atoms with E-state index in [0.29, 0.717) is 29.0 Å². The molecule has 1 N–H and O–H groups in total. The summed E-state index contributed by atoms with van der Waals surface area (Å²) in [6.07, 6.45) is 1.94. The summed E-state index contributed by atoms with van der Waals surface area (Å²) >= 11 is 0. The van der Waals surface area contributed by atoms with Crippen molar-refractivity contribution in [2.45, 2.75) is 6.92 Å². The lowest BCUT2D eigenvalue weighted by Crippen LogP contribution is -2.38. The molecule has 2 amide bonds. The molecule has 0 saturated carbocycles. The van der Waals surface area contributed by atoms with Crippen LogP contribution in [0.4, 0.5) is 5.69 Å². The van der Waals surface area contributed by atoms with Crippen LogP contribution in [0.1, 0.15) is 12.5 Å². The number of fused-ring (bicyclic) bond motifs is 1. The Morgan fingerprint density at radius 2 is 2.05 bits per heavy atom. The van der Waals surface area contributed by atoms with Crippen LogP contribution >= 0.6 is 0 Å². The zero-order valence-electron chi connectivity index (χ0n) is 11.5. The summed E-state index contributed by atoms with van der Waals surface area (Å²) in [4.78, 5) is 33.1. The van der Waals surface area contributed by atoms with E-state index in [0.717, 1.165) is 5.01 Å². The molecule has 0 aliphatic carbocycles. The number of hydrogen-bond acceptors (Lipinski definition) is 6. The van der Waals surface area contributed by atoms with Crippen molar-refractivity contribution < 1.29 is 19.1 Å². The van der Waals surface area contributed by atoms with Gasteiger partial charge >= 0.3 is 0 Å². The number of hydrogen-bond donors (Lipinski definition) is 1. The predicted octanol–water partition coefficient (Wildman–Crippen LogP) is 1.34. The average Bonchev–Trinajstić information content (AvgIpc) is 2.93. The molecule has 1 aromatic rings. The van der Waals surface area contributed by atoms with Crippen molar-refractivity contribution in [2.75, 3.05) is 13.8 Å². The van der Waals surface area contributed by atoms with E-state index in [1.165, 1.54) is 19.2 Å². The van der Waals surface area contributed by atoms with Crippen molar-refractivity contribution in [3.63, 3.8) is 0 Å². The molecule has 21 heavy (non-hydrogen) atoms. The third-order valence-electron chi connectivity index (χ3n) is 2.79. The van der Waals surface area contributed by atoms with E-state index >= 15 is 0 Å². The van der Waals surface area contributed by atoms with E-state index < -0.39 is 5.91 Å². The molecule has 0 fully saturated rings. The molecule has 1 aliphatic heterocycles. The van der Waals surface area contributed by atoms with E-state index in [1.54, 1.807) is 13.0 Å². The van der Waals surface area contributed by atoms with Gasteiger partial charge in [-0.1, -0.05) is 0 Å². The molecule has 0 atom stereocenters. The quantitative estimate of drug-likeness (QED) is 0.382. The minimum atomic E-state index is -0.473. The number of nitroso groups, excluding NO2 is 1. The Labute approximate surface area is 120 Å². The molecule has 0 aromatic heterocycles. The number of hydrazine groups is 1. The second kappa shape index (κ2) is 6.04. The first-order valence-electron chi connectivity index (χ1n) is 5.99. The van der Waals surface area contributed by atoms with E-state index in [-0.39, 0.29) is 12.5 Å². The highest BCUT2D eigenvalue weighted by Crippen LogP contribution is 2.38. The molecule has 1 aliphatic rings. The smallest absolute Gasteiger partial charge is 0.265 e. The Morgan fingerprint density at radius 1 is 1.38 bits per heavy atom. The number of nitrogens with zero attached hydrogens (tertiary/aromatic N) is 2. The molecule has 1 aromatic carbocycles. The molecule has 8 heteroatoms. The zero-order valence-corrected chi connectivity index (χ0v) is 11.5. The second-order valence-corrected chi connectivity index (χ2v) is 4.34. The Hall–Kier alpha value is -2.90. The van der Waals surface area contributed by atoms with Crippen molar-refractivity contribution in [1.29, 1.82) is 0 Å². The zero-order chi connectivity index (χ0) is 15.4. The predicted molar refractivity (Wildman–Crippen MR) is 73.6 cm³/mol. The average molecular weight is 291 g/mol. The second-order valence-electron chi connectivity index (χ2n) is 4.34. The largest absolute Gasteiger partial charge is 0.454 e. The fraction of sp³-hybridized carbons (Fsp3) is 0.231. The van der Waals surface area contributed by atoms with Crippen LogP contribution in [0.25, 0.3) is 6.08 Å². The van der Waals surface area contributed by atoms with Crippen LogP contribution < -0.4 is 14.9 Å². The van der Waals surface area contributed by atoms with Gasteiger partial charge in [-0.15, -0.1) is 4.91 Å². The Balaban J connectivity index is 2.29. The number of rotatable bonds is 5. The van der Waals surface area contributed by atoms with Crippen LogP contribution in [0.3, 0.4) is 0 Å². The van der Waals surface area contributed by atoms with Gasteiger partial charge in [0.1, 0.15) is 5.69 Å². The Bertz CT molecular complexity index is 626. The van der Waals surface area contributed by atoms with Gasteiger partial charge in [0.15, 0.2) is 11.5 Å². The summed E-state index contributed by atoms with van der Waals surface area (Å²) in [5, 5.41) is 3.89. The van der Waals surface area contributed by atoms with Crippen LogP contribution in [-0.2, 0) is 9.59 Å². The van der Waals surface area contributed by atoms with Crippen molar-refractivity contribution in [1.82, 2.24) is 10.4 Å². The maximum absolute atomic E-state index is 11.8. The van der Waals surface area contributed by atoms with Crippen LogP contribution in [0, 0.1) is 4.91 Å². The molecule has 1 heterocycles.